The smallest absolute Gasteiger partial charge is 0.411 e. The summed E-state index contributed by atoms with van der Waals surface area (Å²) < 4.78 is 11.7. The van der Waals surface area contributed by atoms with E-state index in [0.717, 1.165) is 57.4 Å². The van der Waals surface area contributed by atoms with E-state index in [-0.39, 0.29) is 23.5 Å². The molecule has 0 N–H and O–H groups in total. The summed E-state index contributed by atoms with van der Waals surface area (Å²) in [7, 11) is 0. The Morgan fingerprint density at radius 1 is 1.03 bits per heavy atom. The van der Waals surface area contributed by atoms with E-state index in [9.17, 15) is 9.59 Å². The molecule has 0 bridgehead atoms. The van der Waals surface area contributed by atoms with Crippen LogP contribution in [-0.4, -0.2) is 53.8 Å². The van der Waals surface area contributed by atoms with Crippen molar-refractivity contribution in [3.8, 4) is 5.75 Å². The molecule has 3 aliphatic rings. The van der Waals surface area contributed by atoms with Gasteiger partial charge in [0.1, 0.15) is 5.75 Å². The monoisotopic (exact) mass is 442 g/mol. The highest BCUT2D eigenvalue weighted by atomic mass is 16.6. The molecule has 0 unspecified atom stereocenters. The van der Waals surface area contributed by atoms with E-state index in [4.69, 9.17) is 9.47 Å². The largest absolute Gasteiger partial charge is 0.494 e. The standard InChI is InChI=1S/C26H38N2O4/c1-26(2,3)20-11-13-21(14-12-20)31-17-7-10-23(29)28-22-9-6-8-19(22)18-24(28)32-25(30)27-15-4-5-16-27/h11-14,19,22,24H,4-10,15-18H2,1-3H3/t19-,22-,24-/m0/s1. The summed E-state index contributed by atoms with van der Waals surface area (Å²) in [4.78, 5) is 29.3. The minimum atomic E-state index is -0.406. The van der Waals surface area contributed by atoms with Crippen molar-refractivity contribution >= 4 is 12.0 Å². The van der Waals surface area contributed by atoms with Crippen molar-refractivity contribution in [3.05, 3.63) is 29.8 Å². The molecule has 1 aromatic carbocycles. The average Bonchev–Trinajstić information content (AvgIpc) is 3.48. The fourth-order valence-corrected chi connectivity index (χ4v) is 5.38. The molecule has 4 rings (SSSR count). The summed E-state index contributed by atoms with van der Waals surface area (Å²) in [6, 6.07) is 8.43. The number of likely N-dealkylation sites (tertiary alicyclic amines) is 2. The lowest BCUT2D eigenvalue weighted by molar-refractivity contribution is -0.141. The maximum Gasteiger partial charge on any atom is 0.411 e. The summed E-state index contributed by atoms with van der Waals surface area (Å²) in [5.74, 6) is 1.39. The van der Waals surface area contributed by atoms with Crippen LogP contribution in [0.4, 0.5) is 4.79 Å². The van der Waals surface area contributed by atoms with Crippen LogP contribution >= 0.6 is 0 Å². The third-order valence-electron chi connectivity index (χ3n) is 7.20. The van der Waals surface area contributed by atoms with Gasteiger partial charge in [-0.2, -0.15) is 0 Å². The van der Waals surface area contributed by atoms with Crippen LogP contribution in [0.2, 0.25) is 0 Å². The molecule has 1 aromatic rings. The Bertz CT molecular complexity index is 795. The third kappa shape index (κ3) is 5.21. The number of hydrogen-bond donors (Lipinski definition) is 0. The van der Waals surface area contributed by atoms with E-state index in [1.54, 1.807) is 4.90 Å². The van der Waals surface area contributed by atoms with Gasteiger partial charge in [-0.3, -0.25) is 4.79 Å². The number of rotatable bonds is 6. The highest BCUT2D eigenvalue weighted by Crippen LogP contribution is 2.42. The first-order valence-corrected chi connectivity index (χ1v) is 12.3. The molecule has 32 heavy (non-hydrogen) atoms. The Morgan fingerprint density at radius 2 is 1.75 bits per heavy atom. The van der Waals surface area contributed by atoms with Crippen LogP contribution in [0.15, 0.2) is 24.3 Å². The van der Waals surface area contributed by atoms with Crippen molar-refractivity contribution in [1.82, 2.24) is 9.80 Å². The highest BCUT2D eigenvalue weighted by Gasteiger charge is 2.47. The van der Waals surface area contributed by atoms with Gasteiger partial charge in [-0.1, -0.05) is 39.3 Å². The molecule has 2 saturated heterocycles. The van der Waals surface area contributed by atoms with Gasteiger partial charge in [-0.25, -0.2) is 4.79 Å². The van der Waals surface area contributed by atoms with Gasteiger partial charge in [-0.15, -0.1) is 0 Å². The zero-order valence-corrected chi connectivity index (χ0v) is 19.8. The lowest BCUT2D eigenvalue weighted by atomic mass is 9.87. The van der Waals surface area contributed by atoms with Gasteiger partial charge in [-0.05, 0) is 61.1 Å². The minimum absolute atomic E-state index is 0.0882. The van der Waals surface area contributed by atoms with Crippen LogP contribution in [-0.2, 0) is 14.9 Å². The van der Waals surface area contributed by atoms with Crippen LogP contribution in [0.1, 0.15) is 77.7 Å². The van der Waals surface area contributed by atoms with Gasteiger partial charge in [0.05, 0.1) is 6.61 Å². The fourth-order valence-electron chi connectivity index (χ4n) is 5.38. The number of carbonyl (C=O) groups excluding carboxylic acids is 2. The number of amides is 2. The molecule has 176 valence electrons. The number of hydrogen-bond acceptors (Lipinski definition) is 4. The summed E-state index contributed by atoms with van der Waals surface area (Å²) in [5.41, 5.74) is 1.39. The van der Waals surface area contributed by atoms with E-state index < -0.39 is 6.23 Å². The van der Waals surface area contributed by atoms with Gasteiger partial charge < -0.3 is 19.3 Å². The Labute approximate surface area is 192 Å². The summed E-state index contributed by atoms with van der Waals surface area (Å²) in [5, 5.41) is 0. The second-order valence-electron chi connectivity index (χ2n) is 10.6. The predicted molar refractivity (Wildman–Crippen MR) is 124 cm³/mol. The zero-order chi connectivity index (χ0) is 22.7. The van der Waals surface area contributed by atoms with Crippen LogP contribution in [0, 0.1) is 5.92 Å². The number of carbonyl (C=O) groups is 2. The van der Waals surface area contributed by atoms with Crippen molar-refractivity contribution in [3.63, 3.8) is 0 Å². The normalized spacial score (nSPS) is 25.2. The summed E-state index contributed by atoms with van der Waals surface area (Å²) in [6.07, 6.45) is 6.56. The van der Waals surface area contributed by atoms with E-state index in [1.807, 2.05) is 17.0 Å². The predicted octanol–water partition coefficient (Wildman–Crippen LogP) is 5.10. The molecule has 6 heteroatoms. The van der Waals surface area contributed by atoms with Gasteiger partial charge in [0.15, 0.2) is 6.23 Å². The molecule has 3 atom stereocenters. The van der Waals surface area contributed by atoms with Crippen LogP contribution in [0.3, 0.4) is 0 Å². The Balaban J connectivity index is 1.28. The molecular weight excluding hydrogens is 404 g/mol. The first-order valence-electron chi connectivity index (χ1n) is 12.3. The first kappa shape index (κ1) is 22.9. The van der Waals surface area contributed by atoms with Gasteiger partial charge in [0, 0.05) is 32.0 Å². The van der Waals surface area contributed by atoms with E-state index in [2.05, 4.69) is 32.9 Å². The SMILES string of the molecule is CC(C)(C)c1ccc(OCCCC(=O)N2[C@@H](OC(=O)N3CCCC3)C[C@@H]3CCC[C@@H]32)cc1. The molecule has 0 aromatic heterocycles. The third-order valence-corrected chi connectivity index (χ3v) is 7.20. The van der Waals surface area contributed by atoms with Crippen LogP contribution in [0.5, 0.6) is 5.75 Å². The molecule has 0 radical (unpaired) electrons. The molecule has 1 aliphatic carbocycles. The second kappa shape index (κ2) is 9.72. The van der Waals surface area contributed by atoms with E-state index >= 15 is 0 Å². The Kier molecular flexibility index (Phi) is 6.96. The topological polar surface area (TPSA) is 59.1 Å². The molecule has 6 nitrogen and oxygen atoms in total. The molecule has 2 heterocycles. The van der Waals surface area contributed by atoms with Crippen molar-refractivity contribution in [1.29, 1.82) is 0 Å². The molecule has 3 fully saturated rings. The lowest BCUT2D eigenvalue weighted by Gasteiger charge is -2.30. The molecule has 2 amide bonds. The van der Waals surface area contributed by atoms with Gasteiger partial charge >= 0.3 is 6.09 Å². The maximum atomic E-state index is 13.1. The Hall–Kier alpha value is -2.24. The average molecular weight is 443 g/mol. The maximum absolute atomic E-state index is 13.1. The van der Waals surface area contributed by atoms with E-state index in [1.165, 1.54) is 5.56 Å². The second-order valence-corrected chi connectivity index (χ2v) is 10.6. The van der Waals surface area contributed by atoms with Crippen molar-refractivity contribution in [2.75, 3.05) is 19.7 Å². The highest BCUT2D eigenvalue weighted by molar-refractivity contribution is 5.78. The summed E-state index contributed by atoms with van der Waals surface area (Å²) >= 11 is 0. The van der Waals surface area contributed by atoms with Crippen molar-refractivity contribution in [2.45, 2.75) is 89.8 Å². The fraction of sp³-hybridized carbons (Fsp3) is 0.692. The number of benzene rings is 1. The Morgan fingerprint density at radius 3 is 2.44 bits per heavy atom. The summed E-state index contributed by atoms with van der Waals surface area (Å²) in [6.45, 7) is 8.61. The van der Waals surface area contributed by atoms with Gasteiger partial charge in [0.25, 0.3) is 0 Å². The first-order chi connectivity index (χ1) is 15.3. The molecular formula is C26H38N2O4. The molecule has 2 aliphatic heterocycles. The molecule has 1 saturated carbocycles. The quantitative estimate of drug-likeness (QED) is 0.575. The minimum Gasteiger partial charge on any atom is -0.494 e. The number of ether oxygens (including phenoxy) is 2. The lowest BCUT2D eigenvalue weighted by Crippen LogP contribution is -2.45. The van der Waals surface area contributed by atoms with Gasteiger partial charge in [0.2, 0.25) is 5.91 Å². The number of nitrogens with zero attached hydrogens (tertiary/aromatic N) is 2. The zero-order valence-electron chi connectivity index (χ0n) is 19.8. The molecule has 0 spiro atoms. The van der Waals surface area contributed by atoms with Crippen molar-refractivity contribution < 1.29 is 19.1 Å². The van der Waals surface area contributed by atoms with Crippen LogP contribution < -0.4 is 4.74 Å². The number of fused-ring (bicyclic) bond motifs is 1. The van der Waals surface area contributed by atoms with E-state index in [0.29, 0.717) is 25.4 Å². The van der Waals surface area contributed by atoms with Crippen LogP contribution in [0.25, 0.3) is 0 Å². The van der Waals surface area contributed by atoms with Crippen molar-refractivity contribution in [2.24, 2.45) is 5.92 Å².